The highest BCUT2D eigenvalue weighted by atomic mass is 19.1. The van der Waals surface area contributed by atoms with Crippen molar-refractivity contribution in [3.63, 3.8) is 0 Å². The Morgan fingerprint density at radius 3 is 2.81 bits per heavy atom. The lowest BCUT2D eigenvalue weighted by Crippen LogP contribution is -2.14. The smallest absolute Gasteiger partial charge is 0.182 e. The van der Waals surface area contributed by atoms with Crippen molar-refractivity contribution >= 4 is 5.78 Å². The zero-order valence-corrected chi connectivity index (χ0v) is 9.46. The van der Waals surface area contributed by atoms with Crippen molar-refractivity contribution in [1.29, 1.82) is 5.26 Å². The first-order valence-electron chi connectivity index (χ1n) is 5.30. The van der Waals surface area contributed by atoms with Crippen LogP contribution in [0.1, 0.15) is 35.7 Å². The molecular weight excluding hydrogens is 205 g/mol. The summed E-state index contributed by atoms with van der Waals surface area (Å²) in [5, 5.41) is 8.86. The molecule has 2 nitrogen and oxygen atoms in total. The average molecular weight is 219 g/mol. The van der Waals surface area contributed by atoms with E-state index in [0.717, 1.165) is 12.0 Å². The summed E-state index contributed by atoms with van der Waals surface area (Å²) >= 11 is 0. The lowest BCUT2D eigenvalue weighted by atomic mass is 9.94. The van der Waals surface area contributed by atoms with E-state index in [4.69, 9.17) is 5.26 Å². The van der Waals surface area contributed by atoms with E-state index >= 15 is 0 Å². The third-order valence-electron chi connectivity index (χ3n) is 2.44. The van der Waals surface area contributed by atoms with Crippen molar-refractivity contribution in [2.24, 2.45) is 5.92 Å². The molecule has 1 aromatic carbocycles. The molecule has 0 saturated carbocycles. The molecule has 0 amide bonds. The Kier molecular flexibility index (Phi) is 4.19. The van der Waals surface area contributed by atoms with Crippen molar-refractivity contribution in [1.82, 2.24) is 0 Å². The van der Waals surface area contributed by atoms with Crippen LogP contribution in [0.2, 0.25) is 0 Å². The van der Waals surface area contributed by atoms with Crippen LogP contribution in [0.4, 0.5) is 4.39 Å². The monoisotopic (exact) mass is 219 g/mol. The summed E-state index contributed by atoms with van der Waals surface area (Å²) in [6, 6.07) is 6.30. The van der Waals surface area contributed by atoms with Gasteiger partial charge < -0.3 is 0 Å². The zero-order valence-electron chi connectivity index (χ0n) is 9.46. The Hall–Kier alpha value is -1.69. The van der Waals surface area contributed by atoms with E-state index in [2.05, 4.69) is 0 Å². The van der Waals surface area contributed by atoms with Crippen LogP contribution in [0, 0.1) is 30.0 Å². The summed E-state index contributed by atoms with van der Waals surface area (Å²) < 4.78 is 13.4. The number of Topliss-reactive ketones (excluding diaryl/α,β-unsaturated/α-hetero) is 1. The number of nitriles is 1. The predicted molar refractivity (Wildman–Crippen MR) is 59.5 cm³/mol. The number of hydrogen-bond acceptors (Lipinski definition) is 2. The number of nitrogens with zero attached hydrogens (tertiary/aromatic N) is 1. The summed E-state index contributed by atoms with van der Waals surface area (Å²) in [5.74, 6) is -1.70. The summed E-state index contributed by atoms with van der Waals surface area (Å²) in [7, 11) is 0. The lowest BCUT2D eigenvalue weighted by molar-refractivity contribution is 0.0939. The van der Waals surface area contributed by atoms with Gasteiger partial charge in [0.05, 0.1) is 11.6 Å². The molecule has 0 spiro atoms. The number of ketones is 1. The van der Waals surface area contributed by atoms with Gasteiger partial charge in [-0.1, -0.05) is 25.0 Å². The van der Waals surface area contributed by atoms with E-state index in [1.54, 1.807) is 13.0 Å². The SMILES string of the molecule is CCCC(C#N)C(=O)c1cc(C)ccc1F. The molecule has 0 radical (unpaired) electrons. The molecule has 1 atom stereocenters. The highest BCUT2D eigenvalue weighted by Gasteiger charge is 2.21. The highest BCUT2D eigenvalue weighted by molar-refractivity contribution is 5.99. The molecule has 3 heteroatoms. The van der Waals surface area contributed by atoms with Gasteiger partial charge in [0.25, 0.3) is 0 Å². The topological polar surface area (TPSA) is 40.9 Å². The number of hydrogen-bond donors (Lipinski definition) is 0. The van der Waals surface area contributed by atoms with Crippen LogP contribution in [0.15, 0.2) is 18.2 Å². The molecule has 84 valence electrons. The van der Waals surface area contributed by atoms with E-state index in [1.165, 1.54) is 12.1 Å². The van der Waals surface area contributed by atoms with Crippen LogP contribution in [0.3, 0.4) is 0 Å². The molecule has 0 heterocycles. The van der Waals surface area contributed by atoms with Gasteiger partial charge in [0.2, 0.25) is 0 Å². The first kappa shape index (κ1) is 12.4. The lowest BCUT2D eigenvalue weighted by Gasteiger charge is -2.08. The molecule has 1 rings (SSSR count). The fourth-order valence-electron chi connectivity index (χ4n) is 1.56. The maximum atomic E-state index is 13.4. The average Bonchev–Trinajstić information content (AvgIpc) is 2.28. The van der Waals surface area contributed by atoms with Crippen LogP contribution in [0.25, 0.3) is 0 Å². The fraction of sp³-hybridized carbons (Fsp3) is 0.385. The molecule has 0 N–H and O–H groups in total. The Morgan fingerprint density at radius 2 is 2.25 bits per heavy atom. The quantitative estimate of drug-likeness (QED) is 0.729. The number of carbonyl (C=O) groups is 1. The van der Waals surface area contributed by atoms with Crippen molar-refractivity contribution in [3.8, 4) is 6.07 Å². The Labute approximate surface area is 94.7 Å². The second-order valence-electron chi connectivity index (χ2n) is 3.82. The second kappa shape index (κ2) is 5.41. The summed E-state index contributed by atoms with van der Waals surface area (Å²) in [6.45, 7) is 3.68. The summed E-state index contributed by atoms with van der Waals surface area (Å²) in [4.78, 5) is 11.9. The zero-order chi connectivity index (χ0) is 12.1. The Balaban J connectivity index is 3.04. The van der Waals surface area contributed by atoms with Gasteiger partial charge in [-0.2, -0.15) is 5.26 Å². The van der Waals surface area contributed by atoms with Gasteiger partial charge in [-0.3, -0.25) is 4.79 Å². The van der Waals surface area contributed by atoms with E-state index in [-0.39, 0.29) is 5.56 Å². The molecule has 0 aliphatic carbocycles. The molecule has 0 bridgehead atoms. The number of halogens is 1. The van der Waals surface area contributed by atoms with Crippen molar-refractivity contribution in [2.75, 3.05) is 0 Å². The molecule has 1 aromatic rings. The van der Waals surface area contributed by atoms with Gasteiger partial charge in [0, 0.05) is 0 Å². The normalized spacial score (nSPS) is 11.9. The van der Waals surface area contributed by atoms with Gasteiger partial charge in [-0.05, 0) is 25.5 Å². The Bertz CT molecular complexity index is 434. The number of carbonyl (C=O) groups excluding carboxylic acids is 1. The molecule has 0 saturated heterocycles. The third kappa shape index (κ3) is 2.66. The second-order valence-corrected chi connectivity index (χ2v) is 3.82. The van der Waals surface area contributed by atoms with Gasteiger partial charge in [-0.25, -0.2) is 4.39 Å². The highest BCUT2D eigenvalue weighted by Crippen LogP contribution is 2.17. The first-order chi connectivity index (χ1) is 7.60. The number of benzene rings is 1. The Morgan fingerprint density at radius 1 is 1.56 bits per heavy atom. The van der Waals surface area contributed by atoms with Crippen molar-refractivity contribution < 1.29 is 9.18 Å². The molecule has 0 aliphatic heterocycles. The van der Waals surface area contributed by atoms with Crippen LogP contribution in [-0.2, 0) is 0 Å². The van der Waals surface area contributed by atoms with E-state index in [0.29, 0.717) is 6.42 Å². The van der Waals surface area contributed by atoms with Crippen molar-refractivity contribution in [3.05, 3.63) is 35.1 Å². The van der Waals surface area contributed by atoms with Crippen molar-refractivity contribution in [2.45, 2.75) is 26.7 Å². The minimum atomic E-state index is -0.735. The molecule has 0 aliphatic rings. The number of aryl methyl sites for hydroxylation is 1. The largest absolute Gasteiger partial charge is 0.293 e. The minimum absolute atomic E-state index is 0.0278. The summed E-state index contributed by atoms with van der Waals surface area (Å²) in [6.07, 6.45) is 1.21. The van der Waals surface area contributed by atoms with Crippen LogP contribution < -0.4 is 0 Å². The fourth-order valence-corrected chi connectivity index (χ4v) is 1.56. The van der Waals surface area contributed by atoms with Gasteiger partial charge >= 0.3 is 0 Å². The minimum Gasteiger partial charge on any atom is -0.293 e. The van der Waals surface area contributed by atoms with Crippen LogP contribution in [0.5, 0.6) is 0 Å². The maximum Gasteiger partial charge on any atom is 0.182 e. The molecule has 0 aromatic heterocycles. The van der Waals surface area contributed by atoms with E-state index < -0.39 is 17.5 Å². The van der Waals surface area contributed by atoms with Gasteiger partial charge in [-0.15, -0.1) is 0 Å². The molecular formula is C13H14FNO. The standard InChI is InChI=1S/C13H14FNO/c1-3-4-10(8-15)13(16)11-7-9(2)5-6-12(11)14/h5-7,10H,3-4H2,1-2H3. The van der Waals surface area contributed by atoms with Crippen LogP contribution >= 0.6 is 0 Å². The maximum absolute atomic E-state index is 13.4. The van der Waals surface area contributed by atoms with Gasteiger partial charge in [0.1, 0.15) is 11.7 Å². The molecule has 0 fully saturated rings. The molecule has 1 unspecified atom stereocenters. The molecule has 16 heavy (non-hydrogen) atoms. The summed E-state index contributed by atoms with van der Waals surface area (Å²) in [5.41, 5.74) is 0.845. The van der Waals surface area contributed by atoms with Crippen LogP contribution in [-0.4, -0.2) is 5.78 Å². The predicted octanol–water partition coefficient (Wildman–Crippen LogP) is 3.26. The van der Waals surface area contributed by atoms with E-state index in [1.807, 2.05) is 13.0 Å². The first-order valence-corrected chi connectivity index (χ1v) is 5.30. The van der Waals surface area contributed by atoms with Gasteiger partial charge in [0.15, 0.2) is 5.78 Å². The number of rotatable bonds is 4. The van der Waals surface area contributed by atoms with E-state index in [9.17, 15) is 9.18 Å². The third-order valence-corrected chi connectivity index (χ3v) is 2.44.